The molecule has 1 aliphatic rings. The standard InChI is InChI=1S/C17H18N2/c1-2-6-17-14-15(7-8-16(17)5-1)4-3-11-19-12-9-18-10-13-19/h1-2,5-8,14,18H,9-13H2. The molecule has 0 unspecified atom stereocenters. The summed E-state index contributed by atoms with van der Waals surface area (Å²) < 4.78 is 0. The van der Waals surface area contributed by atoms with Gasteiger partial charge in [-0.3, -0.25) is 4.90 Å². The van der Waals surface area contributed by atoms with Crippen molar-refractivity contribution >= 4 is 10.8 Å². The van der Waals surface area contributed by atoms with Crippen LogP contribution in [0.4, 0.5) is 0 Å². The molecule has 0 atom stereocenters. The minimum atomic E-state index is 0.870. The molecular formula is C17H18N2. The molecule has 0 radical (unpaired) electrons. The summed E-state index contributed by atoms with van der Waals surface area (Å²) in [6.45, 7) is 5.24. The normalized spacial score (nSPS) is 16.0. The molecule has 3 rings (SSSR count). The Balaban J connectivity index is 1.70. The van der Waals surface area contributed by atoms with Crippen molar-refractivity contribution in [3.63, 3.8) is 0 Å². The average Bonchev–Trinajstić information content (AvgIpc) is 2.48. The Morgan fingerprint density at radius 2 is 1.79 bits per heavy atom. The third kappa shape index (κ3) is 3.14. The Labute approximate surface area is 114 Å². The number of hydrogen-bond donors (Lipinski definition) is 1. The maximum Gasteiger partial charge on any atom is 0.0606 e. The van der Waals surface area contributed by atoms with Crippen molar-refractivity contribution in [3.05, 3.63) is 48.0 Å². The third-order valence-corrected chi connectivity index (χ3v) is 3.49. The van der Waals surface area contributed by atoms with E-state index in [1.165, 1.54) is 10.8 Å². The second-order valence-corrected chi connectivity index (χ2v) is 4.89. The van der Waals surface area contributed by atoms with Gasteiger partial charge in [-0.1, -0.05) is 42.2 Å². The topological polar surface area (TPSA) is 15.3 Å². The Kier molecular flexibility index (Phi) is 3.78. The van der Waals surface area contributed by atoms with Crippen LogP contribution < -0.4 is 5.32 Å². The third-order valence-electron chi connectivity index (χ3n) is 3.49. The van der Waals surface area contributed by atoms with Gasteiger partial charge < -0.3 is 5.32 Å². The van der Waals surface area contributed by atoms with E-state index < -0.39 is 0 Å². The molecule has 0 saturated carbocycles. The van der Waals surface area contributed by atoms with E-state index in [2.05, 4.69) is 64.5 Å². The molecule has 1 heterocycles. The zero-order valence-electron chi connectivity index (χ0n) is 11.0. The SMILES string of the molecule is C(#Cc1ccc2ccccc2c1)CN1CCNCC1. The van der Waals surface area contributed by atoms with E-state index in [1.54, 1.807) is 0 Å². The zero-order chi connectivity index (χ0) is 12.9. The molecule has 1 N–H and O–H groups in total. The average molecular weight is 250 g/mol. The molecule has 19 heavy (non-hydrogen) atoms. The highest BCUT2D eigenvalue weighted by Crippen LogP contribution is 2.14. The van der Waals surface area contributed by atoms with E-state index in [4.69, 9.17) is 0 Å². The largest absolute Gasteiger partial charge is 0.314 e. The van der Waals surface area contributed by atoms with Crippen LogP contribution in [0.2, 0.25) is 0 Å². The van der Waals surface area contributed by atoms with Gasteiger partial charge in [-0.2, -0.15) is 0 Å². The summed E-state index contributed by atoms with van der Waals surface area (Å²) in [5.74, 6) is 6.56. The first-order valence-electron chi connectivity index (χ1n) is 6.82. The fourth-order valence-corrected chi connectivity index (χ4v) is 2.39. The van der Waals surface area contributed by atoms with Crippen molar-refractivity contribution in [3.8, 4) is 11.8 Å². The van der Waals surface area contributed by atoms with E-state index >= 15 is 0 Å². The van der Waals surface area contributed by atoms with Gasteiger partial charge in [-0.15, -0.1) is 0 Å². The van der Waals surface area contributed by atoms with Gasteiger partial charge in [0.25, 0.3) is 0 Å². The van der Waals surface area contributed by atoms with Gasteiger partial charge >= 0.3 is 0 Å². The summed E-state index contributed by atoms with van der Waals surface area (Å²) in [5, 5.41) is 5.89. The van der Waals surface area contributed by atoms with E-state index in [1.807, 2.05) is 0 Å². The number of piperazine rings is 1. The van der Waals surface area contributed by atoms with Crippen LogP contribution in [-0.2, 0) is 0 Å². The highest BCUT2D eigenvalue weighted by atomic mass is 15.2. The van der Waals surface area contributed by atoms with Gasteiger partial charge in [0.15, 0.2) is 0 Å². The lowest BCUT2D eigenvalue weighted by atomic mass is 10.1. The van der Waals surface area contributed by atoms with Crippen LogP contribution in [0.15, 0.2) is 42.5 Å². The molecule has 2 nitrogen and oxygen atoms in total. The zero-order valence-corrected chi connectivity index (χ0v) is 11.0. The van der Waals surface area contributed by atoms with Crippen LogP contribution in [0, 0.1) is 11.8 Å². The molecule has 0 spiro atoms. The van der Waals surface area contributed by atoms with Gasteiger partial charge in [-0.05, 0) is 22.9 Å². The molecule has 2 aromatic carbocycles. The number of hydrogen-bond acceptors (Lipinski definition) is 2. The maximum absolute atomic E-state index is 3.35. The lowest BCUT2D eigenvalue weighted by Crippen LogP contribution is -2.43. The van der Waals surface area contributed by atoms with Crippen LogP contribution in [0.1, 0.15) is 5.56 Å². The first-order valence-corrected chi connectivity index (χ1v) is 6.82. The molecule has 2 aromatic rings. The Hall–Kier alpha value is -1.82. The van der Waals surface area contributed by atoms with Crippen LogP contribution in [0.25, 0.3) is 10.8 Å². The van der Waals surface area contributed by atoms with Gasteiger partial charge in [0.1, 0.15) is 0 Å². The predicted octanol–water partition coefficient (Wildman–Crippen LogP) is 2.10. The highest BCUT2D eigenvalue weighted by molar-refractivity contribution is 5.83. The second kappa shape index (κ2) is 5.88. The summed E-state index contributed by atoms with van der Waals surface area (Å²) in [6.07, 6.45) is 0. The van der Waals surface area contributed by atoms with Crippen LogP contribution in [-0.4, -0.2) is 37.6 Å². The molecule has 0 bridgehead atoms. The van der Waals surface area contributed by atoms with Gasteiger partial charge in [0, 0.05) is 31.7 Å². The van der Waals surface area contributed by atoms with Crippen LogP contribution >= 0.6 is 0 Å². The van der Waals surface area contributed by atoms with Gasteiger partial charge in [0.2, 0.25) is 0 Å². The summed E-state index contributed by atoms with van der Waals surface area (Å²) in [4.78, 5) is 2.39. The smallest absolute Gasteiger partial charge is 0.0606 e. The molecular weight excluding hydrogens is 232 g/mol. The number of nitrogens with zero attached hydrogens (tertiary/aromatic N) is 1. The summed E-state index contributed by atoms with van der Waals surface area (Å²) >= 11 is 0. The van der Waals surface area contributed by atoms with E-state index in [0.717, 1.165) is 38.3 Å². The van der Waals surface area contributed by atoms with Crippen molar-refractivity contribution in [1.82, 2.24) is 10.2 Å². The molecule has 0 aromatic heterocycles. The first kappa shape index (κ1) is 12.2. The number of fused-ring (bicyclic) bond motifs is 1. The van der Waals surface area contributed by atoms with Gasteiger partial charge in [0.05, 0.1) is 6.54 Å². The Morgan fingerprint density at radius 1 is 1.00 bits per heavy atom. The van der Waals surface area contributed by atoms with Crippen molar-refractivity contribution < 1.29 is 0 Å². The minimum Gasteiger partial charge on any atom is -0.314 e. The van der Waals surface area contributed by atoms with E-state index in [-0.39, 0.29) is 0 Å². The minimum absolute atomic E-state index is 0.870. The first-order chi connectivity index (χ1) is 9.42. The van der Waals surface area contributed by atoms with Crippen molar-refractivity contribution in [2.24, 2.45) is 0 Å². The molecule has 1 aliphatic heterocycles. The number of nitrogens with one attached hydrogen (secondary N) is 1. The van der Waals surface area contributed by atoms with Crippen LogP contribution in [0.3, 0.4) is 0 Å². The quantitative estimate of drug-likeness (QED) is 0.780. The van der Waals surface area contributed by atoms with Gasteiger partial charge in [-0.25, -0.2) is 0 Å². The lowest BCUT2D eigenvalue weighted by Gasteiger charge is -2.24. The van der Waals surface area contributed by atoms with Crippen molar-refractivity contribution in [2.75, 3.05) is 32.7 Å². The monoisotopic (exact) mass is 250 g/mol. The fourth-order valence-electron chi connectivity index (χ4n) is 2.39. The molecule has 1 saturated heterocycles. The van der Waals surface area contributed by atoms with E-state index in [9.17, 15) is 0 Å². The van der Waals surface area contributed by atoms with Crippen molar-refractivity contribution in [1.29, 1.82) is 0 Å². The molecule has 0 amide bonds. The number of benzene rings is 2. The van der Waals surface area contributed by atoms with E-state index in [0.29, 0.717) is 0 Å². The summed E-state index contributed by atoms with van der Waals surface area (Å²) in [7, 11) is 0. The molecule has 96 valence electrons. The fraction of sp³-hybridized carbons (Fsp3) is 0.294. The predicted molar refractivity (Wildman–Crippen MR) is 80.1 cm³/mol. The lowest BCUT2D eigenvalue weighted by molar-refractivity contribution is 0.268. The Morgan fingerprint density at radius 3 is 2.63 bits per heavy atom. The molecule has 0 aliphatic carbocycles. The maximum atomic E-state index is 3.35. The highest BCUT2D eigenvalue weighted by Gasteiger charge is 2.06. The second-order valence-electron chi connectivity index (χ2n) is 4.89. The molecule has 2 heteroatoms. The molecule has 1 fully saturated rings. The number of rotatable bonds is 1. The van der Waals surface area contributed by atoms with Crippen molar-refractivity contribution in [2.45, 2.75) is 0 Å². The summed E-state index contributed by atoms with van der Waals surface area (Å²) in [5.41, 5.74) is 1.11. The summed E-state index contributed by atoms with van der Waals surface area (Å²) in [6, 6.07) is 14.8. The Bertz CT molecular complexity index is 616. The van der Waals surface area contributed by atoms with Crippen LogP contribution in [0.5, 0.6) is 0 Å².